The van der Waals surface area contributed by atoms with Crippen molar-refractivity contribution in [1.29, 1.82) is 0 Å². The van der Waals surface area contributed by atoms with Gasteiger partial charge >= 0.3 is 0 Å². The van der Waals surface area contributed by atoms with Crippen molar-refractivity contribution in [1.82, 2.24) is 0 Å². The fourth-order valence-electron chi connectivity index (χ4n) is 1.91. The molecule has 1 aromatic carbocycles. The van der Waals surface area contributed by atoms with Crippen LogP contribution in [-0.4, -0.2) is 26.1 Å². The van der Waals surface area contributed by atoms with Gasteiger partial charge in [0.1, 0.15) is 11.1 Å². The lowest BCUT2D eigenvalue weighted by molar-refractivity contribution is -0.117. The van der Waals surface area contributed by atoms with Crippen LogP contribution < -0.4 is 15.8 Å². The zero-order chi connectivity index (χ0) is 14.4. The molecule has 0 radical (unpaired) electrons. The normalized spacial score (nSPS) is 20.1. The molecule has 1 aliphatic rings. The second-order valence-electron chi connectivity index (χ2n) is 4.24. The number of nitrogens with two attached hydrogens (primary N) is 2. The number of sulfonamides is 1. The van der Waals surface area contributed by atoms with Gasteiger partial charge in [-0.1, -0.05) is 0 Å². The van der Waals surface area contributed by atoms with Gasteiger partial charge in [0.25, 0.3) is 0 Å². The van der Waals surface area contributed by atoms with Crippen LogP contribution >= 0.6 is 15.9 Å². The van der Waals surface area contributed by atoms with E-state index in [0.717, 1.165) is 6.07 Å². The molecule has 2 rings (SSSR count). The summed E-state index contributed by atoms with van der Waals surface area (Å²) in [4.78, 5) is 13.0. The minimum absolute atomic E-state index is 0.0594. The Labute approximate surface area is 117 Å². The molecule has 9 heteroatoms. The number of halogens is 2. The Morgan fingerprint density at radius 2 is 2.05 bits per heavy atom. The average Bonchev–Trinajstić information content (AvgIpc) is 2.65. The summed E-state index contributed by atoms with van der Waals surface area (Å²) in [6, 6.07) is 2.41. The second kappa shape index (κ2) is 4.73. The summed E-state index contributed by atoms with van der Waals surface area (Å²) in [5, 5.41) is 4.06. The summed E-state index contributed by atoms with van der Waals surface area (Å²) < 4.78 is 35.9. The van der Waals surface area contributed by atoms with Crippen molar-refractivity contribution in [3.05, 3.63) is 22.4 Å². The minimum Gasteiger partial charge on any atom is -0.397 e. The van der Waals surface area contributed by atoms with Crippen LogP contribution in [0, 0.1) is 5.82 Å². The van der Waals surface area contributed by atoms with Crippen LogP contribution in [-0.2, 0) is 14.8 Å². The molecule has 0 saturated carbocycles. The van der Waals surface area contributed by atoms with E-state index < -0.39 is 27.0 Å². The van der Waals surface area contributed by atoms with Crippen molar-refractivity contribution < 1.29 is 17.6 Å². The highest BCUT2D eigenvalue weighted by Crippen LogP contribution is 2.33. The largest absolute Gasteiger partial charge is 0.397 e. The van der Waals surface area contributed by atoms with Crippen LogP contribution in [0.1, 0.15) is 6.42 Å². The van der Waals surface area contributed by atoms with Crippen LogP contribution in [0.2, 0.25) is 0 Å². The maximum absolute atomic E-state index is 13.3. The van der Waals surface area contributed by atoms with E-state index in [2.05, 4.69) is 15.9 Å². The summed E-state index contributed by atoms with van der Waals surface area (Å²) in [5.41, 5.74) is 5.98. The summed E-state index contributed by atoms with van der Waals surface area (Å²) in [5.74, 6) is -0.972. The maximum Gasteiger partial charge on any atom is 0.228 e. The standard InChI is InChI=1S/C10H11BrFN3O3S/c11-6-2-9(8(13)3-7(6)12)15-4-5(1-10(15)16)19(14,17)18/h2-3,5H,1,4,13H2,(H2,14,17,18). The van der Waals surface area contributed by atoms with Crippen molar-refractivity contribution in [3.8, 4) is 0 Å². The predicted octanol–water partition coefficient (Wildman–Crippen LogP) is 0.564. The van der Waals surface area contributed by atoms with Crippen molar-refractivity contribution in [2.45, 2.75) is 11.7 Å². The number of rotatable bonds is 2. The smallest absolute Gasteiger partial charge is 0.228 e. The van der Waals surface area contributed by atoms with Gasteiger partial charge in [-0.3, -0.25) is 4.79 Å². The van der Waals surface area contributed by atoms with Gasteiger partial charge in [-0.15, -0.1) is 0 Å². The molecule has 0 spiro atoms. The van der Waals surface area contributed by atoms with Crippen LogP contribution in [0.25, 0.3) is 0 Å². The Bertz CT molecular complexity index is 650. The van der Waals surface area contributed by atoms with Crippen molar-refractivity contribution in [2.24, 2.45) is 5.14 Å². The third-order valence-corrected chi connectivity index (χ3v) is 4.77. The number of carbonyl (C=O) groups excluding carboxylic acids is 1. The summed E-state index contributed by atoms with van der Waals surface area (Å²) in [6.45, 7) is -0.0834. The lowest BCUT2D eigenvalue weighted by Gasteiger charge is -2.19. The number of primary sulfonamides is 1. The number of hydrogen-bond acceptors (Lipinski definition) is 4. The van der Waals surface area contributed by atoms with E-state index in [1.165, 1.54) is 11.0 Å². The highest BCUT2D eigenvalue weighted by Gasteiger charge is 2.38. The molecular formula is C10H11BrFN3O3S. The monoisotopic (exact) mass is 351 g/mol. The third-order valence-electron chi connectivity index (χ3n) is 2.91. The van der Waals surface area contributed by atoms with E-state index in [4.69, 9.17) is 10.9 Å². The molecule has 104 valence electrons. The van der Waals surface area contributed by atoms with Gasteiger partial charge in [0.15, 0.2) is 0 Å². The molecule has 1 heterocycles. The Morgan fingerprint density at radius 1 is 1.42 bits per heavy atom. The summed E-state index contributed by atoms with van der Waals surface area (Å²) in [7, 11) is -3.80. The fourth-order valence-corrected chi connectivity index (χ4v) is 2.98. The minimum atomic E-state index is -3.80. The lowest BCUT2D eigenvalue weighted by atomic mass is 10.2. The van der Waals surface area contributed by atoms with E-state index >= 15 is 0 Å². The summed E-state index contributed by atoms with van der Waals surface area (Å²) in [6.07, 6.45) is -0.201. The first-order chi connectivity index (χ1) is 8.70. The highest BCUT2D eigenvalue weighted by atomic mass is 79.9. The molecule has 4 N–H and O–H groups in total. The van der Waals surface area contributed by atoms with Gasteiger partial charge in [0.05, 0.1) is 15.8 Å². The molecule has 1 aliphatic heterocycles. The zero-order valence-corrected chi connectivity index (χ0v) is 12.0. The number of nitrogen functional groups attached to an aromatic ring is 1. The van der Waals surface area contributed by atoms with E-state index in [-0.39, 0.29) is 28.8 Å². The number of carbonyl (C=O) groups is 1. The molecule has 1 saturated heterocycles. The second-order valence-corrected chi connectivity index (χ2v) is 6.94. The SMILES string of the molecule is Nc1cc(F)c(Br)cc1N1CC(S(N)(=O)=O)CC1=O. The van der Waals surface area contributed by atoms with E-state index in [0.29, 0.717) is 0 Å². The first kappa shape index (κ1) is 14.2. The van der Waals surface area contributed by atoms with Gasteiger partial charge in [-0.2, -0.15) is 0 Å². The molecule has 1 aromatic rings. The van der Waals surface area contributed by atoms with Gasteiger partial charge in [-0.25, -0.2) is 17.9 Å². The van der Waals surface area contributed by atoms with Crippen molar-refractivity contribution in [3.63, 3.8) is 0 Å². The first-order valence-electron chi connectivity index (χ1n) is 5.26. The fraction of sp³-hybridized carbons (Fsp3) is 0.300. The van der Waals surface area contributed by atoms with Crippen molar-refractivity contribution >= 4 is 43.2 Å². The molecule has 6 nitrogen and oxygen atoms in total. The van der Waals surface area contributed by atoms with Gasteiger partial charge in [-0.05, 0) is 22.0 Å². The Kier molecular flexibility index (Phi) is 3.54. The first-order valence-corrected chi connectivity index (χ1v) is 7.67. The summed E-state index contributed by atoms with van der Waals surface area (Å²) >= 11 is 2.99. The van der Waals surface area contributed by atoms with Gasteiger partial charge in [0.2, 0.25) is 15.9 Å². The molecular weight excluding hydrogens is 341 g/mol. The highest BCUT2D eigenvalue weighted by molar-refractivity contribution is 9.10. The molecule has 0 aliphatic carbocycles. The Balaban J connectivity index is 2.39. The maximum atomic E-state index is 13.3. The Hall–Kier alpha value is -1.19. The number of anilines is 2. The van der Waals surface area contributed by atoms with Gasteiger partial charge < -0.3 is 10.6 Å². The molecule has 1 atom stereocenters. The van der Waals surface area contributed by atoms with E-state index in [9.17, 15) is 17.6 Å². The quantitative estimate of drug-likeness (QED) is 0.759. The molecule has 19 heavy (non-hydrogen) atoms. The molecule has 1 unspecified atom stereocenters. The number of nitrogens with zero attached hydrogens (tertiary/aromatic N) is 1. The number of benzene rings is 1. The molecule has 0 aromatic heterocycles. The topological polar surface area (TPSA) is 106 Å². The van der Waals surface area contributed by atoms with Gasteiger partial charge in [0, 0.05) is 19.0 Å². The molecule has 1 amide bonds. The zero-order valence-electron chi connectivity index (χ0n) is 9.64. The van der Waals surface area contributed by atoms with Crippen LogP contribution in [0.5, 0.6) is 0 Å². The predicted molar refractivity (Wildman–Crippen MR) is 72.4 cm³/mol. The molecule has 1 fully saturated rings. The van der Waals surface area contributed by atoms with Crippen LogP contribution in [0.3, 0.4) is 0 Å². The number of amides is 1. The molecule has 0 bridgehead atoms. The van der Waals surface area contributed by atoms with E-state index in [1.807, 2.05) is 0 Å². The average molecular weight is 352 g/mol. The van der Waals surface area contributed by atoms with E-state index in [1.54, 1.807) is 0 Å². The third kappa shape index (κ3) is 2.72. The lowest BCUT2D eigenvalue weighted by Crippen LogP contribution is -2.32. The van der Waals surface area contributed by atoms with Crippen LogP contribution in [0.15, 0.2) is 16.6 Å². The number of hydrogen-bond donors (Lipinski definition) is 2. The van der Waals surface area contributed by atoms with Crippen molar-refractivity contribution in [2.75, 3.05) is 17.2 Å². The van der Waals surface area contributed by atoms with Crippen LogP contribution in [0.4, 0.5) is 15.8 Å². The Morgan fingerprint density at radius 3 is 2.58 bits per heavy atom.